The highest BCUT2D eigenvalue weighted by atomic mass is 19.4. The molecule has 0 atom stereocenters. The van der Waals surface area contributed by atoms with E-state index in [0.29, 0.717) is 10.7 Å². The van der Waals surface area contributed by atoms with Gasteiger partial charge >= 0.3 is 17.3 Å². The van der Waals surface area contributed by atoms with Crippen LogP contribution in [0.15, 0.2) is 58.1 Å². The minimum absolute atomic E-state index is 0.0677. The Bertz CT molecular complexity index is 1070. The van der Waals surface area contributed by atoms with Gasteiger partial charge in [-0.3, -0.25) is 19.8 Å². The maximum absolute atomic E-state index is 12.8. The average molecular weight is 349 g/mol. The Labute approximate surface area is 137 Å². The lowest BCUT2D eigenvalue weighted by molar-refractivity contribution is -0.137. The summed E-state index contributed by atoms with van der Waals surface area (Å²) >= 11 is 0. The average Bonchev–Trinajstić information content (AvgIpc) is 2.58. The molecule has 128 valence electrons. The smallest absolute Gasteiger partial charge is 0.316 e. The first-order valence-electron chi connectivity index (χ1n) is 7.00. The molecule has 0 aliphatic rings. The van der Waals surface area contributed by atoms with Crippen LogP contribution in [0.2, 0.25) is 0 Å². The van der Waals surface area contributed by atoms with E-state index in [0.717, 1.165) is 12.1 Å². The largest absolute Gasteiger partial charge is 0.416 e. The highest BCUT2D eigenvalue weighted by Crippen LogP contribution is 2.30. The van der Waals surface area contributed by atoms with Crippen LogP contribution in [0.5, 0.6) is 0 Å². The molecule has 0 aliphatic heterocycles. The van der Waals surface area contributed by atoms with Crippen molar-refractivity contribution in [1.29, 1.82) is 0 Å². The summed E-state index contributed by atoms with van der Waals surface area (Å²) in [5.41, 5.74) is -1.10. The van der Waals surface area contributed by atoms with Gasteiger partial charge in [0.1, 0.15) is 0 Å². The molecule has 0 aliphatic carbocycles. The molecule has 3 rings (SSSR count). The third kappa shape index (κ3) is 3.16. The maximum Gasteiger partial charge on any atom is 0.416 e. The zero-order valence-corrected chi connectivity index (χ0v) is 12.4. The van der Waals surface area contributed by atoms with Crippen molar-refractivity contribution < 1.29 is 18.0 Å². The molecule has 0 saturated heterocycles. The van der Waals surface area contributed by atoms with E-state index in [1.807, 2.05) is 0 Å². The van der Waals surface area contributed by atoms with E-state index in [4.69, 9.17) is 0 Å². The van der Waals surface area contributed by atoms with Crippen LogP contribution in [0.1, 0.15) is 15.9 Å². The molecule has 6 nitrogen and oxygen atoms in total. The summed E-state index contributed by atoms with van der Waals surface area (Å²) in [6.07, 6.45) is -4.61. The molecule has 0 unspecified atom stereocenters. The van der Waals surface area contributed by atoms with Crippen molar-refractivity contribution in [3.05, 3.63) is 80.4 Å². The molecule has 0 spiro atoms. The number of halogens is 3. The van der Waals surface area contributed by atoms with Gasteiger partial charge in [0, 0.05) is 5.56 Å². The fraction of sp³-hybridized carbons (Fsp3) is 0.0625. The topological polar surface area (TPSA) is 84.0 Å². The molecule has 9 heteroatoms. The van der Waals surface area contributed by atoms with Gasteiger partial charge in [0.25, 0.3) is 5.91 Å². The molecule has 25 heavy (non-hydrogen) atoms. The Morgan fingerprint density at radius 1 is 1.04 bits per heavy atom. The van der Waals surface area contributed by atoms with Crippen molar-refractivity contribution in [3.63, 3.8) is 0 Å². The van der Waals surface area contributed by atoms with Crippen LogP contribution in [0.25, 0.3) is 11.0 Å². The van der Waals surface area contributed by atoms with Crippen LogP contribution in [-0.2, 0) is 6.18 Å². The van der Waals surface area contributed by atoms with Gasteiger partial charge in [-0.15, -0.1) is 0 Å². The number of rotatable bonds is 2. The van der Waals surface area contributed by atoms with Crippen molar-refractivity contribution in [3.8, 4) is 0 Å². The Hall–Kier alpha value is -3.36. The van der Waals surface area contributed by atoms with Crippen molar-refractivity contribution >= 4 is 16.9 Å². The number of benzene rings is 2. The zero-order chi connectivity index (χ0) is 18.2. The zero-order valence-electron chi connectivity index (χ0n) is 12.4. The summed E-state index contributed by atoms with van der Waals surface area (Å²) in [6, 6.07) is 10.3. The Morgan fingerprint density at radius 3 is 2.36 bits per heavy atom. The molecule has 2 N–H and O–H groups in total. The van der Waals surface area contributed by atoms with E-state index < -0.39 is 28.8 Å². The lowest BCUT2D eigenvalue weighted by Gasteiger charge is -2.13. The lowest BCUT2D eigenvalue weighted by Crippen LogP contribution is -2.42. The molecule has 1 heterocycles. The molecule has 0 bridgehead atoms. The number of H-pyrrole nitrogens is 1. The Balaban J connectivity index is 2.14. The molecular formula is C16H10F3N3O3. The molecular weight excluding hydrogens is 339 g/mol. The van der Waals surface area contributed by atoms with Gasteiger partial charge in [-0.2, -0.15) is 13.2 Å². The van der Waals surface area contributed by atoms with Gasteiger partial charge in [0.15, 0.2) is 0 Å². The van der Waals surface area contributed by atoms with Crippen LogP contribution >= 0.6 is 0 Å². The van der Waals surface area contributed by atoms with Crippen LogP contribution in [0.4, 0.5) is 13.2 Å². The third-order valence-corrected chi connectivity index (χ3v) is 3.46. The van der Waals surface area contributed by atoms with E-state index >= 15 is 0 Å². The van der Waals surface area contributed by atoms with Gasteiger partial charge in [-0.25, -0.2) is 4.68 Å². The number of aromatic amines is 1. The number of hydrogen-bond acceptors (Lipinski definition) is 3. The van der Waals surface area contributed by atoms with Gasteiger partial charge in [0.2, 0.25) is 0 Å². The molecule has 0 radical (unpaired) electrons. The van der Waals surface area contributed by atoms with Crippen molar-refractivity contribution in [1.82, 2.24) is 9.66 Å². The fourth-order valence-electron chi connectivity index (χ4n) is 2.26. The summed E-state index contributed by atoms with van der Waals surface area (Å²) < 4.78 is 39.0. The first-order valence-corrected chi connectivity index (χ1v) is 7.00. The molecule has 0 fully saturated rings. The van der Waals surface area contributed by atoms with E-state index in [2.05, 4.69) is 10.4 Å². The highest BCUT2D eigenvalue weighted by Gasteiger charge is 2.30. The number of nitrogens with one attached hydrogen (secondary N) is 2. The summed E-state index contributed by atoms with van der Waals surface area (Å²) in [5.74, 6) is -0.686. The quantitative estimate of drug-likeness (QED) is 0.695. The van der Waals surface area contributed by atoms with Crippen LogP contribution in [0.3, 0.4) is 0 Å². The Morgan fingerprint density at radius 2 is 1.72 bits per heavy atom. The van der Waals surface area contributed by atoms with Gasteiger partial charge < -0.3 is 4.98 Å². The molecule has 3 aromatic rings. The van der Waals surface area contributed by atoms with Crippen LogP contribution in [0, 0.1) is 0 Å². The third-order valence-electron chi connectivity index (χ3n) is 3.46. The fourth-order valence-corrected chi connectivity index (χ4v) is 2.26. The number of fused-ring (bicyclic) bond motifs is 1. The first kappa shape index (κ1) is 16.5. The van der Waals surface area contributed by atoms with Gasteiger partial charge in [-0.1, -0.05) is 18.2 Å². The van der Waals surface area contributed by atoms with Gasteiger partial charge in [0.05, 0.1) is 16.6 Å². The van der Waals surface area contributed by atoms with E-state index in [-0.39, 0.29) is 16.6 Å². The summed E-state index contributed by atoms with van der Waals surface area (Å²) in [6.45, 7) is 0. The predicted octanol–water partition coefficient (Wildman–Crippen LogP) is 2.09. The second-order valence-corrected chi connectivity index (χ2v) is 5.13. The lowest BCUT2D eigenvalue weighted by atomic mass is 10.2. The minimum Gasteiger partial charge on any atom is -0.316 e. The molecule has 2 aromatic carbocycles. The second-order valence-electron chi connectivity index (χ2n) is 5.13. The maximum atomic E-state index is 12.8. The van der Waals surface area contributed by atoms with Crippen LogP contribution < -0.4 is 16.5 Å². The second kappa shape index (κ2) is 5.93. The van der Waals surface area contributed by atoms with Crippen LogP contribution in [-0.4, -0.2) is 15.6 Å². The Kier molecular flexibility index (Phi) is 3.91. The first-order chi connectivity index (χ1) is 11.8. The SMILES string of the molecule is O=C(Nn1c(=O)c(=O)[nH]c2cc(C(F)(F)F)ccc21)c1ccccc1. The monoisotopic (exact) mass is 349 g/mol. The van der Waals surface area contributed by atoms with E-state index in [9.17, 15) is 27.6 Å². The minimum atomic E-state index is -4.61. The molecule has 1 amide bonds. The standard InChI is InChI=1S/C16H10F3N3O3/c17-16(18,19)10-6-7-12-11(8-10)20-14(24)15(25)22(12)21-13(23)9-4-2-1-3-5-9/h1-8H,(H,20,24)(H,21,23). The van der Waals surface area contributed by atoms with Crippen molar-refractivity contribution in [2.45, 2.75) is 6.18 Å². The number of carbonyl (C=O) groups excluding carboxylic acids is 1. The van der Waals surface area contributed by atoms with E-state index in [1.165, 1.54) is 12.1 Å². The van der Waals surface area contributed by atoms with Gasteiger partial charge in [-0.05, 0) is 30.3 Å². The number of amides is 1. The number of hydrogen-bond donors (Lipinski definition) is 2. The normalized spacial score (nSPS) is 11.5. The number of aromatic nitrogens is 2. The number of alkyl halides is 3. The number of nitrogens with zero attached hydrogens (tertiary/aromatic N) is 1. The summed E-state index contributed by atoms with van der Waals surface area (Å²) in [7, 11) is 0. The van der Waals surface area contributed by atoms with Crippen molar-refractivity contribution in [2.75, 3.05) is 5.43 Å². The molecule has 0 saturated carbocycles. The summed E-state index contributed by atoms with van der Waals surface area (Å²) in [5, 5.41) is 0. The number of carbonyl (C=O) groups is 1. The molecule has 1 aromatic heterocycles. The van der Waals surface area contributed by atoms with Crippen molar-refractivity contribution in [2.24, 2.45) is 0 Å². The van der Waals surface area contributed by atoms with E-state index in [1.54, 1.807) is 18.2 Å². The highest BCUT2D eigenvalue weighted by molar-refractivity contribution is 6.00. The summed E-state index contributed by atoms with van der Waals surface area (Å²) in [4.78, 5) is 38.0. The predicted molar refractivity (Wildman–Crippen MR) is 84.0 cm³/mol.